The van der Waals surface area contributed by atoms with Crippen molar-refractivity contribution in [3.05, 3.63) is 35.1 Å². The summed E-state index contributed by atoms with van der Waals surface area (Å²) in [5.41, 5.74) is 6.05. The molecule has 0 aliphatic heterocycles. The Hall–Kier alpha value is -1.67. The van der Waals surface area contributed by atoms with Crippen molar-refractivity contribution in [1.29, 1.82) is 0 Å². The van der Waals surface area contributed by atoms with Gasteiger partial charge in [-0.25, -0.2) is 13.2 Å². The van der Waals surface area contributed by atoms with E-state index in [2.05, 4.69) is 10.1 Å². The number of alkyl halides is 2. The summed E-state index contributed by atoms with van der Waals surface area (Å²) in [4.78, 5) is 11.5. The molecule has 21 heavy (non-hydrogen) atoms. The van der Waals surface area contributed by atoms with Crippen molar-refractivity contribution in [3.8, 4) is 0 Å². The average Bonchev–Trinajstić information content (AvgIpc) is 2.41. The van der Waals surface area contributed by atoms with Crippen molar-refractivity contribution < 1.29 is 22.7 Å². The van der Waals surface area contributed by atoms with Crippen LogP contribution in [0.2, 0.25) is 0 Å². The maximum Gasteiger partial charge on any atom is 0.261 e. The summed E-state index contributed by atoms with van der Waals surface area (Å²) in [5.74, 6) is -0.948. The van der Waals surface area contributed by atoms with Crippen molar-refractivity contribution >= 4 is 23.1 Å². The fraction of sp³-hybridized carbons (Fsp3) is 0.385. The molecule has 1 rings (SSSR count). The van der Waals surface area contributed by atoms with Gasteiger partial charge in [-0.2, -0.15) is 0 Å². The molecule has 0 saturated carbocycles. The van der Waals surface area contributed by atoms with Crippen molar-refractivity contribution in [2.24, 2.45) is 5.73 Å². The molecule has 0 bridgehead atoms. The van der Waals surface area contributed by atoms with Gasteiger partial charge in [-0.1, -0.05) is 24.4 Å². The molecule has 116 valence electrons. The third-order valence-electron chi connectivity index (χ3n) is 2.53. The average molecular weight is 320 g/mol. The van der Waals surface area contributed by atoms with Crippen LogP contribution in [0.1, 0.15) is 17.5 Å². The fourth-order valence-electron chi connectivity index (χ4n) is 1.46. The normalized spacial score (nSPS) is 10.7. The molecule has 3 N–H and O–H groups in total. The second kappa shape index (κ2) is 8.58. The highest BCUT2D eigenvalue weighted by atomic mass is 32.1. The van der Waals surface area contributed by atoms with Crippen molar-refractivity contribution in [2.45, 2.75) is 19.4 Å². The summed E-state index contributed by atoms with van der Waals surface area (Å²) >= 11 is 4.72. The Morgan fingerprint density at radius 2 is 2.14 bits per heavy atom. The standard InChI is InChI=1S/C13H15F3N2O2S/c14-10-5-8(13(17)21)1-2-9(10)6-18-12(19)3-4-20-7-11(15)16/h1-2,5,11H,3-4,6-7H2,(H2,17,21)(H,18,19). The molecule has 1 amide bonds. The molecule has 0 unspecified atom stereocenters. The van der Waals surface area contributed by atoms with Gasteiger partial charge in [0, 0.05) is 24.1 Å². The maximum atomic E-state index is 13.7. The Morgan fingerprint density at radius 3 is 2.71 bits per heavy atom. The molecule has 0 radical (unpaired) electrons. The summed E-state index contributed by atoms with van der Waals surface area (Å²) in [6.45, 7) is -0.835. The summed E-state index contributed by atoms with van der Waals surface area (Å²) < 4.78 is 41.8. The smallest absolute Gasteiger partial charge is 0.261 e. The molecular weight excluding hydrogens is 305 g/mol. The number of nitrogens with one attached hydrogen (secondary N) is 1. The Balaban J connectivity index is 2.37. The Kier molecular flexibility index (Phi) is 7.10. The Morgan fingerprint density at radius 1 is 1.43 bits per heavy atom. The van der Waals surface area contributed by atoms with Crippen LogP contribution in [0.5, 0.6) is 0 Å². The van der Waals surface area contributed by atoms with E-state index in [0.717, 1.165) is 0 Å². The number of ether oxygens (including phenoxy) is 1. The van der Waals surface area contributed by atoms with Crippen LogP contribution in [0.25, 0.3) is 0 Å². The Bertz CT molecular complexity index is 512. The number of hydrogen-bond acceptors (Lipinski definition) is 3. The van der Waals surface area contributed by atoms with Gasteiger partial charge < -0.3 is 15.8 Å². The predicted molar refractivity (Wildman–Crippen MR) is 75.6 cm³/mol. The zero-order valence-corrected chi connectivity index (χ0v) is 11.9. The van der Waals surface area contributed by atoms with E-state index in [9.17, 15) is 18.0 Å². The number of carbonyl (C=O) groups excluding carboxylic acids is 1. The first-order valence-electron chi connectivity index (χ1n) is 6.11. The maximum absolute atomic E-state index is 13.7. The minimum absolute atomic E-state index is 0.0167. The molecule has 0 aliphatic carbocycles. The van der Waals surface area contributed by atoms with Crippen LogP contribution in [0.3, 0.4) is 0 Å². The molecule has 0 spiro atoms. The van der Waals surface area contributed by atoms with Crippen LogP contribution in [-0.2, 0) is 16.1 Å². The highest BCUT2D eigenvalue weighted by Gasteiger charge is 2.08. The Labute approximate surface area is 125 Å². The number of carbonyl (C=O) groups is 1. The van der Waals surface area contributed by atoms with E-state index < -0.39 is 24.8 Å². The van der Waals surface area contributed by atoms with Crippen LogP contribution < -0.4 is 11.1 Å². The number of benzene rings is 1. The first-order chi connectivity index (χ1) is 9.90. The molecule has 0 saturated heterocycles. The monoisotopic (exact) mass is 320 g/mol. The van der Waals surface area contributed by atoms with Crippen molar-refractivity contribution in [2.75, 3.05) is 13.2 Å². The highest BCUT2D eigenvalue weighted by molar-refractivity contribution is 7.80. The van der Waals surface area contributed by atoms with Gasteiger partial charge in [-0.3, -0.25) is 4.79 Å². The first-order valence-corrected chi connectivity index (χ1v) is 6.51. The van der Waals surface area contributed by atoms with E-state index >= 15 is 0 Å². The number of rotatable bonds is 8. The van der Waals surface area contributed by atoms with Crippen LogP contribution >= 0.6 is 12.2 Å². The zero-order chi connectivity index (χ0) is 15.8. The number of thiocarbonyl (C=S) groups is 1. The predicted octanol–water partition coefficient (Wildman–Crippen LogP) is 1.75. The van der Waals surface area contributed by atoms with Gasteiger partial charge in [-0.05, 0) is 6.07 Å². The largest absolute Gasteiger partial charge is 0.389 e. The van der Waals surface area contributed by atoms with Crippen LogP contribution in [0, 0.1) is 5.82 Å². The van der Waals surface area contributed by atoms with Crippen LogP contribution in [0.4, 0.5) is 13.2 Å². The first kappa shape index (κ1) is 17.4. The lowest BCUT2D eigenvalue weighted by Gasteiger charge is -2.08. The quantitative estimate of drug-likeness (QED) is 0.566. The van der Waals surface area contributed by atoms with E-state index in [0.29, 0.717) is 5.56 Å². The second-order valence-corrected chi connectivity index (χ2v) is 4.60. The topological polar surface area (TPSA) is 64.3 Å². The molecule has 1 aromatic carbocycles. The van der Waals surface area contributed by atoms with Gasteiger partial charge in [0.1, 0.15) is 17.4 Å². The fourth-order valence-corrected chi connectivity index (χ4v) is 1.59. The molecule has 4 nitrogen and oxygen atoms in total. The van der Waals surface area contributed by atoms with E-state index in [1.807, 2.05) is 0 Å². The lowest BCUT2D eigenvalue weighted by atomic mass is 10.1. The summed E-state index contributed by atoms with van der Waals surface area (Å²) in [6.07, 6.45) is -2.63. The molecule has 0 aliphatic rings. The van der Waals surface area contributed by atoms with Gasteiger partial charge in [-0.15, -0.1) is 0 Å². The number of amides is 1. The molecular formula is C13H15F3N2O2S. The van der Waals surface area contributed by atoms with Gasteiger partial charge in [0.2, 0.25) is 5.91 Å². The second-order valence-electron chi connectivity index (χ2n) is 4.16. The molecule has 1 aromatic rings. The summed E-state index contributed by atoms with van der Waals surface area (Å²) in [6, 6.07) is 4.21. The van der Waals surface area contributed by atoms with E-state index in [1.165, 1.54) is 12.1 Å². The van der Waals surface area contributed by atoms with Gasteiger partial charge in [0.25, 0.3) is 6.43 Å². The molecule has 0 atom stereocenters. The molecule has 0 aromatic heterocycles. The summed E-state index contributed by atoms with van der Waals surface area (Å²) in [5, 5.41) is 2.47. The third kappa shape index (κ3) is 6.54. The minimum atomic E-state index is -2.56. The van der Waals surface area contributed by atoms with Gasteiger partial charge >= 0.3 is 0 Å². The van der Waals surface area contributed by atoms with E-state index in [-0.39, 0.29) is 30.1 Å². The number of nitrogens with two attached hydrogens (primary N) is 1. The summed E-state index contributed by atoms with van der Waals surface area (Å²) in [7, 11) is 0. The van der Waals surface area contributed by atoms with Gasteiger partial charge in [0.05, 0.1) is 6.61 Å². The number of halogens is 3. The SMILES string of the molecule is NC(=S)c1ccc(CNC(=O)CCOCC(F)F)c(F)c1. The van der Waals surface area contributed by atoms with Crippen molar-refractivity contribution in [1.82, 2.24) is 5.32 Å². The number of hydrogen-bond donors (Lipinski definition) is 2. The van der Waals surface area contributed by atoms with Gasteiger partial charge in [0.15, 0.2) is 0 Å². The van der Waals surface area contributed by atoms with E-state index in [4.69, 9.17) is 18.0 Å². The highest BCUT2D eigenvalue weighted by Crippen LogP contribution is 2.10. The lowest BCUT2D eigenvalue weighted by Crippen LogP contribution is -2.25. The zero-order valence-electron chi connectivity index (χ0n) is 11.1. The molecule has 8 heteroatoms. The minimum Gasteiger partial charge on any atom is -0.389 e. The van der Waals surface area contributed by atoms with E-state index in [1.54, 1.807) is 6.07 Å². The lowest BCUT2D eigenvalue weighted by molar-refractivity contribution is -0.122. The van der Waals surface area contributed by atoms with Crippen LogP contribution in [0.15, 0.2) is 18.2 Å². The molecule has 0 heterocycles. The van der Waals surface area contributed by atoms with Crippen LogP contribution in [-0.4, -0.2) is 30.5 Å². The van der Waals surface area contributed by atoms with Crippen molar-refractivity contribution in [3.63, 3.8) is 0 Å². The molecule has 0 fully saturated rings. The third-order valence-corrected chi connectivity index (χ3v) is 2.77.